The summed E-state index contributed by atoms with van der Waals surface area (Å²) in [7, 11) is 10.0. The maximum absolute atomic E-state index is 13.7. The molecule has 0 unspecified atom stereocenters. The van der Waals surface area contributed by atoms with Gasteiger partial charge in [-0.25, -0.2) is 4.39 Å². The van der Waals surface area contributed by atoms with Crippen LogP contribution in [0.3, 0.4) is 0 Å². The van der Waals surface area contributed by atoms with Crippen LogP contribution in [0.15, 0.2) is 30.3 Å². The number of carbonyl (C=O) groups is 1. The Balaban J connectivity index is 2.59. The summed E-state index contributed by atoms with van der Waals surface area (Å²) in [6, 6.07) is 2.06. The van der Waals surface area contributed by atoms with Crippen LogP contribution >= 0.6 is 11.6 Å². The summed E-state index contributed by atoms with van der Waals surface area (Å²) in [5.74, 6) is -5.24. The first-order valence-electron chi connectivity index (χ1n) is 7.63. The molecule has 0 saturated heterocycles. The van der Waals surface area contributed by atoms with E-state index in [1.54, 1.807) is 0 Å². The molecular formula is C16H6B2ClF7O5. The van der Waals surface area contributed by atoms with E-state index in [2.05, 4.69) is 9.47 Å². The number of halogens is 8. The SMILES string of the molecule is [B]C([B])(O)Oc1cc(OC(F)(F)F)ccc1Oc1cc(C(F)(F)F)c(F)cc1C(=O)Cl. The molecule has 31 heavy (non-hydrogen) atoms. The third-order valence-corrected chi connectivity index (χ3v) is 3.43. The number of alkyl halides is 6. The molecule has 0 atom stereocenters. The van der Waals surface area contributed by atoms with Gasteiger partial charge in [0.2, 0.25) is 0 Å². The molecule has 162 valence electrons. The van der Waals surface area contributed by atoms with Crippen molar-refractivity contribution in [2.24, 2.45) is 0 Å². The van der Waals surface area contributed by atoms with Crippen molar-refractivity contribution < 1.29 is 54.8 Å². The molecule has 0 saturated carbocycles. The lowest BCUT2D eigenvalue weighted by molar-refractivity contribution is -0.274. The lowest BCUT2D eigenvalue weighted by Crippen LogP contribution is -2.36. The third-order valence-electron chi connectivity index (χ3n) is 3.23. The Morgan fingerprint density at radius 1 is 0.935 bits per heavy atom. The molecule has 2 aromatic carbocycles. The van der Waals surface area contributed by atoms with Gasteiger partial charge in [0.15, 0.2) is 27.2 Å². The average Bonchev–Trinajstić information content (AvgIpc) is 2.54. The molecule has 0 aliphatic rings. The Bertz CT molecular complexity index is 990. The van der Waals surface area contributed by atoms with Crippen LogP contribution in [-0.2, 0) is 6.18 Å². The van der Waals surface area contributed by atoms with Crippen molar-refractivity contribution in [3.8, 4) is 23.0 Å². The maximum Gasteiger partial charge on any atom is 0.573 e. The van der Waals surface area contributed by atoms with Crippen LogP contribution in [0.25, 0.3) is 0 Å². The smallest absolute Gasteiger partial charge is 0.478 e. The summed E-state index contributed by atoms with van der Waals surface area (Å²) in [5.41, 5.74) is -5.66. The summed E-state index contributed by atoms with van der Waals surface area (Å²) in [5, 5.41) is 7.94. The Morgan fingerprint density at radius 3 is 2.03 bits per heavy atom. The zero-order valence-electron chi connectivity index (χ0n) is 14.6. The molecule has 0 aliphatic carbocycles. The van der Waals surface area contributed by atoms with Crippen LogP contribution in [0.4, 0.5) is 30.7 Å². The van der Waals surface area contributed by atoms with Crippen molar-refractivity contribution in [1.82, 2.24) is 0 Å². The predicted octanol–water partition coefficient (Wildman–Crippen LogP) is 4.23. The van der Waals surface area contributed by atoms with Crippen molar-refractivity contribution in [2.75, 3.05) is 0 Å². The Kier molecular flexibility index (Phi) is 6.76. The number of hydrogen-bond acceptors (Lipinski definition) is 5. The van der Waals surface area contributed by atoms with Crippen LogP contribution in [0, 0.1) is 5.82 Å². The molecule has 4 radical (unpaired) electrons. The first kappa shape index (κ1) is 24.7. The molecule has 0 amide bonds. The van der Waals surface area contributed by atoms with E-state index in [1.165, 1.54) is 0 Å². The van der Waals surface area contributed by atoms with E-state index in [4.69, 9.17) is 32.0 Å². The lowest BCUT2D eigenvalue weighted by Gasteiger charge is -2.24. The fourth-order valence-corrected chi connectivity index (χ4v) is 2.30. The zero-order chi connectivity index (χ0) is 23.8. The van der Waals surface area contributed by atoms with E-state index < -0.39 is 63.3 Å². The average molecular weight is 468 g/mol. The monoisotopic (exact) mass is 468 g/mol. The highest BCUT2D eigenvalue weighted by atomic mass is 35.5. The van der Waals surface area contributed by atoms with E-state index in [1.807, 2.05) is 0 Å². The Hall–Kier alpha value is -2.60. The van der Waals surface area contributed by atoms with E-state index in [-0.39, 0.29) is 12.1 Å². The number of ether oxygens (including phenoxy) is 3. The van der Waals surface area contributed by atoms with Gasteiger partial charge in [0.1, 0.15) is 22.9 Å². The van der Waals surface area contributed by atoms with Crippen LogP contribution in [0.2, 0.25) is 0 Å². The van der Waals surface area contributed by atoms with Crippen molar-refractivity contribution in [3.63, 3.8) is 0 Å². The molecule has 0 aliphatic heterocycles. The highest BCUT2D eigenvalue weighted by Crippen LogP contribution is 2.41. The van der Waals surface area contributed by atoms with Crippen LogP contribution in [0.1, 0.15) is 15.9 Å². The predicted molar refractivity (Wildman–Crippen MR) is 91.9 cm³/mol. The molecule has 1 N–H and O–H groups in total. The van der Waals surface area contributed by atoms with Crippen molar-refractivity contribution in [3.05, 3.63) is 47.3 Å². The second kappa shape index (κ2) is 8.50. The molecule has 2 aromatic rings. The largest absolute Gasteiger partial charge is 0.573 e. The van der Waals surface area contributed by atoms with Crippen molar-refractivity contribution >= 4 is 32.5 Å². The number of hydrogen-bond donors (Lipinski definition) is 1. The van der Waals surface area contributed by atoms with Gasteiger partial charge in [0.25, 0.3) is 5.24 Å². The van der Waals surface area contributed by atoms with Crippen LogP contribution < -0.4 is 14.2 Å². The van der Waals surface area contributed by atoms with E-state index >= 15 is 0 Å². The van der Waals surface area contributed by atoms with Crippen LogP contribution in [-0.4, -0.2) is 38.0 Å². The fourth-order valence-electron chi connectivity index (χ4n) is 2.15. The molecule has 5 nitrogen and oxygen atoms in total. The molecule has 0 fully saturated rings. The minimum Gasteiger partial charge on any atom is -0.478 e. The van der Waals surface area contributed by atoms with Gasteiger partial charge in [-0.3, -0.25) is 4.79 Å². The van der Waals surface area contributed by atoms with Gasteiger partial charge < -0.3 is 19.3 Å². The summed E-state index contributed by atoms with van der Waals surface area (Å²) in [4.78, 5) is 11.5. The van der Waals surface area contributed by atoms with Crippen molar-refractivity contribution in [2.45, 2.75) is 18.1 Å². The molecule has 0 bridgehead atoms. The summed E-state index contributed by atoms with van der Waals surface area (Å²) in [6.45, 7) is 0. The number of aliphatic hydroxyl groups is 1. The highest BCUT2D eigenvalue weighted by molar-refractivity contribution is 6.68. The van der Waals surface area contributed by atoms with Gasteiger partial charge in [-0.15, -0.1) is 13.2 Å². The molecule has 0 aromatic heterocycles. The fraction of sp³-hybridized carbons (Fsp3) is 0.188. The van der Waals surface area contributed by atoms with Gasteiger partial charge in [0, 0.05) is 6.07 Å². The van der Waals surface area contributed by atoms with Gasteiger partial charge in [-0.2, -0.15) is 13.2 Å². The first-order chi connectivity index (χ1) is 14.0. The molecule has 0 spiro atoms. The zero-order valence-corrected chi connectivity index (χ0v) is 15.4. The molecular weight excluding hydrogens is 462 g/mol. The van der Waals surface area contributed by atoms with Gasteiger partial charge in [-0.05, 0) is 35.9 Å². The first-order valence-corrected chi connectivity index (χ1v) is 8.01. The van der Waals surface area contributed by atoms with E-state index in [9.17, 15) is 40.6 Å². The molecule has 15 heteroatoms. The standard InChI is InChI=1S/C16H6B2ClF7O5/c17-15(18,28)31-12-3-6(30-16(24,25)26)1-2-10(12)29-11-5-8(14(21,22)23)9(20)4-7(11)13(19)27/h1-5,28H. The van der Waals surface area contributed by atoms with Crippen molar-refractivity contribution in [1.29, 1.82) is 0 Å². The van der Waals surface area contributed by atoms with E-state index in [0.29, 0.717) is 18.2 Å². The Labute approximate surface area is 176 Å². The summed E-state index contributed by atoms with van der Waals surface area (Å²) >= 11 is 5.23. The molecule has 2 rings (SSSR count). The minimum absolute atomic E-state index is 0.0892. The number of rotatable bonds is 6. The second-order valence-electron chi connectivity index (χ2n) is 5.71. The van der Waals surface area contributed by atoms with E-state index in [0.717, 1.165) is 0 Å². The summed E-state index contributed by atoms with van der Waals surface area (Å²) < 4.78 is 103. The van der Waals surface area contributed by atoms with Gasteiger partial charge >= 0.3 is 12.5 Å². The van der Waals surface area contributed by atoms with Gasteiger partial charge in [0.05, 0.1) is 11.1 Å². The molecule has 0 heterocycles. The van der Waals surface area contributed by atoms with Gasteiger partial charge in [-0.1, -0.05) is 0 Å². The normalized spacial score (nSPS) is 12.4. The lowest BCUT2D eigenvalue weighted by atomic mass is 9.76. The second-order valence-corrected chi connectivity index (χ2v) is 6.06. The highest BCUT2D eigenvalue weighted by Gasteiger charge is 2.36. The minimum atomic E-state index is -5.20. The topological polar surface area (TPSA) is 65.0 Å². The maximum atomic E-state index is 13.7. The number of carbonyl (C=O) groups excluding carboxylic acids is 1. The third kappa shape index (κ3) is 6.96. The van der Waals surface area contributed by atoms with Crippen LogP contribution in [0.5, 0.6) is 23.0 Å². The number of benzene rings is 2. The Morgan fingerprint density at radius 2 is 1.55 bits per heavy atom. The quantitative estimate of drug-likeness (QED) is 0.298. The summed E-state index contributed by atoms with van der Waals surface area (Å²) in [6.07, 6.45) is -10.3.